The van der Waals surface area contributed by atoms with E-state index in [0.717, 1.165) is 49.4 Å². The van der Waals surface area contributed by atoms with Gasteiger partial charge in [-0.3, -0.25) is 9.58 Å². The molecule has 0 saturated carbocycles. The molecule has 4 heterocycles. The van der Waals surface area contributed by atoms with Crippen molar-refractivity contribution in [2.75, 3.05) is 13.1 Å². The van der Waals surface area contributed by atoms with Gasteiger partial charge in [0.2, 0.25) is 0 Å². The van der Waals surface area contributed by atoms with Crippen LogP contribution in [0.15, 0.2) is 41.7 Å². The zero-order valence-corrected chi connectivity index (χ0v) is 16.1. The lowest BCUT2D eigenvalue weighted by Gasteiger charge is -2.18. The number of hydrogen-bond donors (Lipinski definition) is 1. The second-order valence-corrected chi connectivity index (χ2v) is 6.76. The molecule has 4 rings (SSSR count). The highest BCUT2D eigenvalue weighted by molar-refractivity contribution is 5.73. The van der Waals surface area contributed by atoms with E-state index in [4.69, 9.17) is 14.3 Å². The first-order valence-corrected chi connectivity index (χ1v) is 9.09. The Labute approximate surface area is 170 Å². The third kappa shape index (κ3) is 5.44. The highest BCUT2D eigenvalue weighted by Gasteiger charge is 2.38. The Kier molecular flexibility index (Phi) is 6.50. The van der Waals surface area contributed by atoms with E-state index in [2.05, 4.69) is 20.0 Å². The lowest BCUT2D eigenvalue weighted by atomic mass is 10.0. The first-order valence-electron chi connectivity index (χ1n) is 9.09. The van der Waals surface area contributed by atoms with Crippen molar-refractivity contribution < 1.29 is 27.5 Å². The fraction of sp³-hybridized carbons (Fsp3) is 0.368. The van der Waals surface area contributed by atoms with E-state index in [9.17, 15) is 13.2 Å². The molecular formula is C19H20F3N5O3. The summed E-state index contributed by atoms with van der Waals surface area (Å²) in [5, 5.41) is 11.4. The number of aliphatic carboxylic acids is 1. The van der Waals surface area contributed by atoms with Gasteiger partial charge in [-0.1, -0.05) is 0 Å². The maximum absolute atomic E-state index is 10.6. The van der Waals surface area contributed by atoms with Crippen molar-refractivity contribution in [2.45, 2.75) is 25.6 Å². The first-order chi connectivity index (χ1) is 14.2. The molecule has 8 nitrogen and oxygen atoms in total. The zero-order chi connectivity index (χ0) is 21.7. The molecule has 0 radical (unpaired) electrons. The van der Waals surface area contributed by atoms with Crippen LogP contribution in [-0.4, -0.2) is 55.0 Å². The minimum atomic E-state index is -5.08. The van der Waals surface area contributed by atoms with Gasteiger partial charge in [0.15, 0.2) is 0 Å². The average molecular weight is 423 g/mol. The number of carboxylic acids is 1. The number of rotatable bonds is 3. The molecule has 3 aromatic rings. The molecule has 1 aliphatic rings. The number of nitrogens with zero attached hydrogens (tertiary/aromatic N) is 5. The Bertz CT molecular complexity index is 986. The summed E-state index contributed by atoms with van der Waals surface area (Å²) in [5.74, 6) is -2.76. The summed E-state index contributed by atoms with van der Waals surface area (Å²) < 4.78 is 38.7. The molecule has 0 unspecified atom stereocenters. The summed E-state index contributed by atoms with van der Waals surface area (Å²) in [6.07, 6.45) is 5.93. The second kappa shape index (κ2) is 9.08. The van der Waals surface area contributed by atoms with Crippen LogP contribution in [0.1, 0.15) is 16.8 Å². The Morgan fingerprint density at radius 1 is 1.27 bits per heavy atom. The maximum Gasteiger partial charge on any atom is 0.490 e. The van der Waals surface area contributed by atoms with E-state index in [1.165, 1.54) is 11.1 Å². The zero-order valence-electron chi connectivity index (χ0n) is 16.1. The van der Waals surface area contributed by atoms with Crippen LogP contribution >= 0.6 is 0 Å². The van der Waals surface area contributed by atoms with Gasteiger partial charge in [-0.25, -0.2) is 14.8 Å². The summed E-state index contributed by atoms with van der Waals surface area (Å²) in [5.41, 5.74) is 5.72. The fourth-order valence-electron chi connectivity index (χ4n) is 3.16. The lowest BCUT2D eigenvalue weighted by molar-refractivity contribution is -0.192. The van der Waals surface area contributed by atoms with Crippen LogP contribution in [-0.2, 0) is 31.2 Å². The van der Waals surface area contributed by atoms with Crippen molar-refractivity contribution in [3.8, 4) is 11.3 Å². The normalized spacial score (nSPS) is 14.4. The number of aryl methyl sites for hydroxylation is 1. The number of hydrogen-bond acceptors (Lipinski definition) is 6. The molecule has 30 heavy (non-hydrogen) atoms. The average Bonchev–Trinajstić information content (AvgIpc) is 3.30. The van der Waals surface area contributed by atoms with Crippen LogP contribution in [0.4, 0.5) is 13.2 Å². The minimum absolute atomic E-state index is 0.917. The van der Waals surface area contributed by atoms with Gasteiger partial charge >= 0.3 is 12.1 Å². The van der Waals surface area contributed by atoms with Gasteiger partial charge in [0.25, 0.3) is 0 Å². The number of carbonyl (C=O) groups is 1. The summed E-state index contributed by atoms with van der Waals surface area (Å²) >= 11 is 0. The van der Waals surface area contributed by atoms with Gasteiger partial charge in [0, 0.05) is 61.7 Å². The second-order valence-electron chi connectivity index (χ2n) is 6.76. The standard InChI is InChI=1S/C17H19N5O.C2HF3O2/c1-21-10-14(8-20-21)17-15-2-5-22(9-13-4-7-23-11-13)6-3-16(15)18-12-19-17;3-2(4,5)1(6)7/h4,7-8,10-12H,2-3,5-6,9H2,1H3;(H,6,7). The van der Waals surface area contributed by atoms with E-state index < -0.39 is 12.1 Å². The smallest absolute Gasteiger partial charge is 0.475 e. The molecular weight excluding hydrogens is 403 g/mol. The van der Waals surface area contributed by atoms with Crippen LogP contribution < -0.4 is 0 Å². The molecule has 0 saturated heterocycles. The van der Waals surface area contributed by atoms with Crippen molar-refractivity contribution in [3.05, 3.63) is 54.1 Å². The van der Waals surface area contributed by atoms with E-state index in [1.807, 2.05) is 36.5 Å². The first kappa shape index (κ1) is 21.5. The summed E-state index contributed by atoms with van der Waals surface area (Å²) in [7, 11) is 1.93. The molecule has 160 valence electrons. The Balaban J connectivity index is 0.000000318. The molecule has 1 aliphatic heterocycles. The van der Waals surface area contributed by atoms with Crippen LogP contribution in [0.2, 0.25) is 0 Å². The van der Waals surface area contributed by atoms with Crippen molar-refractivity contribution in [2.24, 2.45) is 7.05 Å². The van der Waals surface area contributed by atoms with Gasteiger partial charge in [0.1, 0.15) is 6.33 Å². The van der Waals surface area contributed by atoms with Gasteiger partial charge < -0.3 is 9.52 Å². The molecule has 11 heteroatoms. The molecule has 0 atom stereocenters. The molecule has 0 amide bonds. The number of furan rings is 1. The van der Waals surface area contributed by atoms with Gasteiger partial charge in [0.05, 0.1) is 24.4 Å². The van der Waals surface area contributed by atoms with Crippen LogP contribution in [0.3, 0.4) is 0 Å². The lowest BCUT2D eigenvalue weighted by Crippen LogP contribution is -2.25. The summed E-state index contributed by atoms with van der Waals surface area (Å²) in [6.45, 7) is 2.92. The number of fused-ring (bicyclic) bond motifs is 1. The van der Waals surface area contributed by atoms with Crippen molar-refractivity contribution in [3.63, 3.8) is 0 Å². The van der Waals surface area contributed by atoms with Gasteiger partial charge in [-0.05, 0) is 12.5 Å². The molecule has 0 fully saturated rings. The quantitative estimate of drug-likeness (QED) is 0.692. The largest absolute Gasteiger partial charge is 0.490 e. The highest BCUT2D eigenvalue weighted by Crippen LogP contribution is 2.25. The monoisotopic (exact) mass is 423 g/mol. The maximum atomic E-state index is 10.6. The van der Waals surface area contributed by atoms with E-state index in [0.29, 0.717) is 0 Å². The third-order valence-corrected chi connectivity index (χ3v) is 4.58. The molecule has 0 aromatic carbocycles. The van der Waals surface area contributed by atoms with Gasteiger partial charge in [-0.15, -0.1) is 0 Å². The van der Waals surface area contributed by atoms with E-state index >= 15 is 0 Å². The Hall–Kier alpha value is -3.21. The SMILES string of the molecule is Cn1cc(-c2ncnc3c2CCN(Cc2ccoc2)CC3)cn1.O=C(O)C(F)(F)F. The van der Waals surface area contributed by atoms with Crippen molar-refractivity contribution >= 4 is 5.97 Å². The van der Waals surface area contributed by atoms with Gasteiger partial charge in [-0.2, -0.15) is 18.3 Å². The number of carboxylic acid groups (broad SMARTS) is 1. The van der Waals surface area contributed by atoms with E-state index in [1.54, 1.807) is 12.6 Å². The number of halogens is 3. The van der Waals surface area contributed by atoms with Crippen LogP contribution in [0.5, 0.6) is 0 Å². The topological polar surface area (TPSA) is 97.3 Å². The van der Waals surface area contributed by atoms with Crippen LogP contribution in [0.25, 0.3) is 11.3 Å². The Morgan fingerprint density at radius 2 is 2.00 bits per heavy atom. The van der Waals surface area contributed by atoms with Crippen molar-refractivity contribution in [1.82, 2.24) is 24.6 Å². The Morgan fingerprint density at radius 3 is 2.60 bits per heavy atom. The molecule has 0 bridgehead atoms. The predicted octanol–water partition coefficient (Wildman–Crippen LogP) is 2.70. The molecule has 1 N–H and O–H groups in total. The fourth-order valence-corrected chi connectivity index (χ4v) is 3.16. The minimum Gasteiger partial charge on any atom is -0.475 e. The molecule has 0 spiro atoms. The molecule has 3 aromatic heterocycles. The molecule has 0 aliphatic carbocycles. The summed E-state index contributed by atoms with van der Waals surface area (Å²) in [6, 6.07) is 2.03. The number of aromatic nitrogens is 4. The predicted molar refractivity (Wildman–Crippen MR) is 99.3 cm³/mol. The summed E-state index contributed by atoms with van der Waals surface area (Å²) in [4.78, 5) is 20.4. The number of alkyl halides is 3. The van der Waals surface area contributed by atoms with Crippen LogP contribution in [0, 0.1) is 0 Å². The van der Waals surface area contributed by atoms with E-state index in [-0.39, 0.29) is 0 Å². The van der Waals surface area contributed by atoms with Crippen molar-refractivity contribution in [1.29, 1.82) is 0 Å². The third-order valence-electron chi connectivity index (χ3n) is 4.58. The highest BCUT2D eigenvalue weighted by atomic mass is 19.4.